The van der Waals surface area contributed by atoms with E-state index >= 15 is 0 Å². The topological polar surface area (TPSA) is 133 Å². The van der Waals surface area contributed by atoms with Gasteiger partial charge in [-0.15, -0.1) is 0 Å². The van der Waals surface area contributed by atoms with Gasteiger partial charge in [-0.1, -0.05) is 29.8 Å². The molecule has 26 heavy (non-hydrogen) atoms. The van der Waals surface area contributed by atoms with Crippen molar-refractivity contribution in [2.75, 3.05) is 6.54 Å². The molecule has 1 aliphatic rings. The Labute approximate surface area is 149 Å². The van der Waals surface area contributed by atoms with E-state index in [-0.39, 0.29) is 6.09 Å². The standard InChI is InChI=1S/C15H17N3O2.C2H2O4/c1-11-3-2-4-12(7-11)9-20-15(19)18-6-5-13-14(8-18)17-10-16-13;3-1(4)2(5)6/h2-4,7,10H,5-6,8-9H2,1H3,(H,16,17);(H,3,4)(H,5,6). The van der Waals surface area contributed by atoms with E-state index in [0.29, 0.717) is 19.7 Å². The number of imidazole rings is 1. The molecule has 0 atom stereocenters. The first-order valence-electron chi connectivity index (χ1n) is 7.81. The van der Waals surface area contributed by atoms with E-state index in [2.05, 4.69) is 9.97 Å². The van der Waals surface area contributed by atoms with Crippen LogP contribution in [0.15, 0.2) is 30.6 Å². The second-order valence-electron chi connectivity index (χ2n) is 5.65. The van der Waals surface area contributed by atoms with Crippen LogP contribution in [-0.2, 0) is 33.9 Å². The Morgan fingerprint density at radius 1 is 1.27 bits per heavy atom. The fourth-order valence-corrected chi connectivity index (χ4v) is 2.41. The normalized spacial score (nSPS) is 12.4. The van der Waals surface area contributed by atoms with Gasteiger partial charge < -0.3 is 24.8 Å². The number of hydrogen-bond acceptors (Lipinski definition) is 5. The monoisotopic (exact) mass is 361 g/mol. The minimum atomic E-state index is -1.82. The lowest BCUT2D eigenvalue weighted by molar-refractivity contribution is -0.159. The number of amides is 1. The summed E-state index contributed by atoms with van der Waals surface area (Å²) in [6.45, 7) is 3.54. The number of nitrogens with zero attached hydrogens (tertiary/aromatic N) is 2. The van der Waals surface area contributed by atoms with Crippen molar-refractivity contribution >= 4 is 18.0 Å². The number of carboxylic acid groups (broad SMARTS) is 2. The zero-order valence-corrected chi connectivity index (χ0v) is 14.1. The summed E-state index contributed by atoms with van der Waals surface area (Å²) in [5, 5.41) is 14.8. The largest absolute Gasteiger partial charge is 0.473 e. The maximum Gasteiger partial charge on any atom is 0.414 e. The zero-order valence-electron chi connectivity index (χ0n) is 14.1. The van der Waals surface area contributed by atoms with Gasteiger partial charge in [0, 0.05) is 13.0 Å². The number of aromatic amines is 1. The zero-order chi connectivity index (χ0) is 19.1. The highest BCUT2D eigenvalue weighted by Gasteiger charge is 2.23. The van der Waals surface area contributed by atoms with Crippen molar-refractivity contribution in [2.45, 2.75) is 26.5 Å². The first kappa shape index (κ1) is 19.0. The van der Waals surface area contributed by atoms with Gasteiger partial charge >= 0.3 is 18.0 Å². The predicted molar refractivity (Wildman–Crippen MR) is 89.3 cm³/mol. The number of carbonyl (C=O) groups is 3. The van der Waals surface area contributed by atoms with Gasteiger partial charge in [-0.3, -0.25) is 0 Å². The molecule has 0 unspecified atom stereocenters. The molecule has 1 aromatic carbocycles. The summed E-state index contributed by atoms with van der Waals surface area (Å²) in [4.78, 5) is 39.2. The van der Waals surface area contributed by atoms with E-state index in [0.717, 1.165) is 23.4 Å². The molecule has 138 valence electrons. The Morgan fingerprint density at radius 2 is 2.00 bits per heavy atom. The van der Waals surface area contributed by atoms with Gasteiger partial charge in [0.1, 0.15) is 6.61 Å². The lowest BCUT2D eigenvalue weighted by Gasteiger charge is -2.25. The van der Waals surface area contributed by atoms with Gasteiger partial charge in [-0.25, -0.2) is 19.4 Å². The number of aromatic nitrogens is 2. The maximum absolute atomic E-state index is 12.1. The predicted octanol–water partition coefficient (Wildman–Crippen LogP) is 1.57. The van der Waals surface area contributed by atoms with Crippen molar-refractivity contribution < 1.29 is 29.3 Å². The third-order valence-corrected chi connectivity index (χ3v) is 3.66. The summed E-state index contributed by atoms with van der Waals surface area (Å²) in [6, 6.07) is 7.98. The van der Waals surface area contributed by atoms with Gasteiger partial charge in [0.25, 0.3) is 0 Å². The first-order chi connectivity index (χ1) is 12.4. The van der Waals surface area contributed by atoms with Crippen molar-refractivity contribution in [1.82, 2.24) is 14.9 Å². The van der Waals surface area contributed by atoms with Crippen LogP contribution in [-0.4, -0.2) is 49.7 Å². The van der Waals surface area contributed by atoms with Gasteiger partial charge in [-0.2, -0.15) is 0 Å². The molecular weight excluding hydrogens is 342 g/mol. The van der Waals surface area contributed by atoms with Crippen LogP contribution in [0.1, 0.15) is 22.5 Å². The summed E-state index contributed by atoms with van der Waals surface area (Å²) in [5.41, 5.74) is 4.23. The minimum absolute atomic E-state index is 0.272. The van der Waals surface area contributed by atoms with Crippen LogP contribution in [0.2, 0.25) is 0 Å². The molecule has 0 saturated heterocycles. The first-order valence-corrected chi connectivity index (χ1v) is 7.81. The fraction of sp³-hybridized carbons (Fsp3) is 0.294. The van der Waals surface area contributed by atoms with Crippen LogP contribution in [0.4, 0.5) is 4.79 Å². The number of rotatable bonds is 2. The molecule has 9 heteroatoms. The molecule has 2 heterocycles. The average molecular weight is 361 g/mol. The Balaban J connectivity index is 0.000000352. The van der Waals surface area contributed by atoms with E-state index in [4.69, 9.17) is 24.5 Å². The molecule has 0 bridgehead atoms. The molecule has 3 N–H and O–H groups in total. The van der Waals surface area contributed by atoms with Crippen molar-refractivity contribution in [3.05, 3.63) is 53.1 Å². The summed E-state index contributed by atoms with van der Waals surface area (Å²) >= 11 is 0. The average Bonchev–Trinajstić information content (AvgIpc) is 3.08. The second-order valence-corrected chi connectivity index (χ2v) is 5.65. The fourth-order valence-electron chi connectivity index (χ4n) is 2.41. The lowest BCUT2D eigenvalue weighted by Crippen LogP contribution is -2.36. The number of benzene rings is 1. The number of aliphatic carboxylic acids is 2. The number of fused-ring (bicyclic) bond motifs is 1. The Kier molecular flexibility index (Phi) is 6.31. The summed E-state index contributed by atoms with van der Waals surface area (Å²) in [7, 11) is 0. The molecule has 3 rings (SSSR count). The number of H-pyrrole nitrogens is 1. The molecule has 1 aromatic heterocycles. The van der Waals surface area contributed by atoms with Crippen LogP contribution < -0.4 is 0 Å². The number of aryl methyl sites for hydroxylation is 1. The van der Waals surface area contributed by atoms with Crippen molar-refractivity contribution in [3.8, 4) is 0 Å². The SMILES string of the molecule is Cc1cccc(COC(=O)N2CCc3nc[nH]c3C2)c1.O=C(O)C(=O)O. The molecule has 0 fully saturated rings. The van der Waals surface area contributed by atoms with Crippen LogP contribution in [0.3, 0.4) is 0 Å². The van der Waals surface area contributed by atoms with E-state index in [9.17, 15) is 4.79 Å². The third kappa shape index (κ3) is 5.33. The quantitative estimate of drug-likeness (QED) is 0.691. The highest BCUT2D eigenvalue weighted by molar-refractivity contribution is 6.27. The Morgan fingerprint density at radius 3 is 2.65 bits per heavy atom. The molecule has 0 aliphatic carbocycles. The number of ether oxygens (including phenoxy) is 1. The molecule has 2 aromatic rings. The molecule has 0 saturated carbocycles. The summed E-state index contributed by atoms with van der Waals surface area (Å²) < 4.78 is 5.37. The second kappa shape index (κ2) is 8.65. The molecule has 9 nitrogen and oxygen atoms in total. The van der Waals surface area contributed by atoms with Crippen LogP contribution >= 0.6 is 0 Å². The highest BCUT2D eigenvalue weighted by Crippen LogP contribution is 2.16. The number of hydrogen-bond donors (Lipinski definition) is 3. The van der Waals surface area contributed by atoms with Gasteiger partial charge in [0.05, 0.1) is 24.3 Å². The maximum atomic E-state index is 12.1. The lowest BCUT2D eigenvalue weighted by atomic mass is 10.1. The van der Waals surface area contributed by atoms with Gasteiger partial charge in [0.2, 0.25) is 0 Å². The van der Waals surface area contributed by atoms with E-state index in [1.54, 1.807) is 11.2 Å². The van der Waals surface area contributed by atoms with Gasteiger partial charge in [-0.05, 0) is 12.5 Å². The summed E-state index contributed by atoms with van der Waals surface area (Å²) in [6.07, 6.45) is 2.18. The summed E-state index contributed by atoms with van der Waals surface area (Å²) in [5.74, 6) is -3.65. The smallest absolute Gasteiger partial charge is 0.414 e. The van der Waals surface area contributed by atoms with E-state index in [1.807, 2.05) is 31.2 Å². The molecule has 1 aliphatic heterocycles. The van der Waals surface area contributed by atoms with Crippen molar-refractivity contribution in [3.63, 3.8) is 0 Å². The number of nitrogens with one attached hydrogen (secondary N) is 1. The molecule has 0 radical (unpaired) electrons. The molecule has 1 amide bonds. The third-order valence-electron chi connectivity index (χ3n) is 3.66. The van der Waals surface area contributed by atoms with Crippen molar-refractivity contribution in [2.24, 2.45) is 0 Å². The number of carbonyl (C=O) groups excluding carboxylic acids is 1. The van der Waals surface area contributed by atoms with Gasteiger partial charge in [0.15, 0.2) is 0 Å². The van der Waals surface area contributed by atoms with E-state index < -0.39 is 11.9 Å². The highest BCUT2D eigenvalue weighted by atomic mass is 16.6. The molecule has 0 spiro atoms. The van der Waals surface area contributed by atoms with Crippen molar-refractivity contribution in [1.29, 1.82) is 0 Å². The van der Waals surface area contributed by atoms with E-state index in [1.165, 1.54) is 5.56 Å². The van der Waals surface area contributed by atoms with Crippen LogP contribution in [0, 0.1) is 6.92 Å². The Bertz CT molecular complexity index is 789. The molecular formula is C17H19N3O6. The Hall–Kier alpha value is -3.36. The van der Waals surface area contributed by atoms with Crippen LogP contribution in [0.25, 0.3) is 0 Å². The number of carboxylic acids is 2. The van der Waals surface area contributed by atoms with Crippen LogP contribution in [0.5, 0.6) is 0 Å². The minimum Gasteiger partial charge on any atom is -0.473 e.